The minimum atomic E-state index is -4.46. The fraction of sp³-hybridized carbons (Fsp3) is 0.455. The standard InChI is InChI=1S/C55H70N5O11S2/c1-54(2)44-36-42(72(64,65)66)23-25-46(44)56(32-12-34-59(5,6)7)48(54)27-19-39-14-11-15-40(53(39)70-41-21-16-38(17-22-41)18-31-52(63)71-58-50(61)29-30-51(58)62)20-28-49-55(3,4)45-37-43(73(67,68)69)24-26-47(45)57(49)33-13-35-60(8,9)10/h16-17,19-28,36-37H,11-15,18,29-35H2,1-10H3/q+1/p+2. The van der Waals surface area contributed by atoms with E-state index in [1.165, 1.54) is 12.1 Å². The van der Waals surface area contributed by atoms with Gasteiger partial charge in [-0.2, -0.15) is 21.4 Å². The molecule has 2 N–H and O–H groups in total. The van der Waals surface area contributed by atoms with E-state index >= 15 is 0 Å². The molecular formula is C55H72N5O11S2+3. The molecule has 0 spiro atoms. The van der Waals surface area contributed by atoms with Crippen molar-refractivity contribution >= 4 is 55.1 Å². The number of anilines is 1. The zero-order chi connectivity index (χ0) is 53.5. The van der Waals surface area contributed by atoms with Crippen LogP contribution in [0.15, 0.2) is 117 Å². The van der Waals surface area contributed by atoms with E-state index in [4.69, 9.17) is 9.57 Å². The first-order chi connectivity index (χ1) is 33.9. The summed E-state index contributed by atoms with van der Waals surface area (Å²) in [7, 11) is 3.96. The summed E-state index contributed by atoms with van der Waals surface area (Å²) in [6.45, 7) is 11.4. The third-order valence-electron chi connectivity index (χ3n) is 14.1. The number of quaternary nitrogens is 2. The van der Waals surface area contributed by atoms with Crippen molar-refractivity contribution in [2.75, 3.05) is 73.4 Å². The number of imide groups is 1. The Morgan fingerprint density at radius 3 is 1.96 bits per heavy atom. The fourth-order valence-corrected chi connectivity index (χ4v) is 11.1. The maximum atomic E-state index is 12.6. The van der Waals surface area contributed by atoms with E-state index in [1.807, 2.05) is 24.3 Å². The molecule has 0 saturated carbocycles. The summed E-state index contributed by atoms with van der Waals surface area (Å²) >= 11 is 0. The number of carbonyl (C=O) groups excluding carboxylic acids is 3. The summed E-state index contributed by atoms with van der Waals surface area (Å²) in [6.07, 6.45) is 12.5. The molecule has 392 valence electrons. The van der Waals surface area contributed by atoms with Crippen LogP contribution in [0.4, 0.5) is 11.4 Å². The van der Waals surface area contributed by atoms with Crippen LogP contribution in [-0.2, 0) is 56.7 Å². The molecule has 0 radical (unpaired) electrons. The molecule has 7 rings (SSSR count). The van der Waals surface area contributed by atoms with E-state index in [1.54, 1.807) is 24.3 Å². The van der Waals surface area contributed by atoms with E-state index in [-0.39, 0.29) is 29.1 Å². The van der Waals surface area contributed by atoms with Crippen molar-refractivity contribution in [2.24, 2.45) is 0 Å². The molecule has 3 aromatic rings. The Balaban J connectivity index is 1.29. The summed E-state index contributed by atoms with van der Waals surface area (Å²) < 4.78 is 80.4. The SMILES string of the molecule is CC1(C)C(/C=C/C2=C(Oc3ccc(CCC(=O)ON4C(=O)CCC4=O)cc3)C(=C/C=C3/N(CCC[N+](C)(C)C)c4ccc(S(=O)(=O)O)cc4C3(C)C)/CCC2)=[N+](CCC[N+](C)(C)C)c2ccc(S(=O)(=O)O)cc21. The van der Waals surface area contributed by atoms with Gasteiger partial charge in [0, 0.05) is 60.3 Å². The molecule has 0 unspecified atom stereocenters. The third kappa shape index (κ3) is 12.8. The molecular weight excluding hydrogens is 971 g/mol. The van der Waals surface area contributed by atoms with Crippen LogP contribution in [-0.4, -0.2) is 137 Å². The molecule has 0 atom stereocenters. The minimum Gasteiger partial charge on any atom is -0.457 e. The molecule has 0 aromatic heterocycles. The van der Waals surface area contributed by atoms with E-state index in [9.17, 15) is 40.3 Å². The number of amides is 2. The Labute approximate surface area is 431 Å². The first-order valence-electron chi connectivity index (χ1n) is 24.9. The second-order valence-electron chi connectivity index (χ2n) is 22.6. The van der Waals surface area contributed by atoms with E-state index in [2.05, 4.69) is 104 Å². The van der Waals surface area contributed by atoms with Gasteiger partial charge in [-0.3, -0.25) is 18.7 Å². The lowest BCUT2D eigenvalue weighted by molar-refractivity contribution is -0.871. The first kappa shape index (κ1) is 55.0. The number of carbonyl (C=O) groups is 3. The molecule has 3 aromatic carbocycles. The molecule has 3 heterocycles. The van der Waals surface area contributed by atoms with Gasteiger partial charge < -0.3 is 23.4 Å². The van der Waals surface area contributed by atoms with E-state index < -0.39 is 48.8 Å². The quantitative estimate of drug-likeness (QED) is 0.0511. The predicted octanol–water partition coefficient (Wildman–Crippen LogP) is 7.97. The van der Waals surface area contributed by atoms with Gasteiger partial charge in [0.1, 0.15) is 11.5 Å². The number of hydrogen-bond donors (Lipinski definition) is 2. The van der Waals surface area contributed by atoms with Gasteiger partial charge in [0.2, 0.25) is 5.69 Å². The fourth-order valence-electron chi connectivity index (χ4n) is 10.1. The Bertz CT molecular complexity index is 3060. The van der Waals surface area contributed by atoms with Gasteiger partial charge in [0.25, 0.3) is 32.1 Å². The van der Waals surface area contributed by atoms with Gasteiger partial charge in [-0.15, -0.1) is 5.06 Å². The maximum Gasteiger partial charge on any atom is 0.333 e. The summed E-state index contributed by atoms with van der Waals surface area (Å²) in [5.41, 5.74) is 6.62. The smallest absolute Gasteiger partial charge is 0.333 e. The Kier molecular flexibility index (Phi) is 15.7. The van der Waals surface area contributed by atoms with Crippen LogP contribution in [0.1, 0.15) is 95.8 Å². The topological polar surface area (TPSA) is 188 Å². The molecule has 1 fully saturated rings. The first-order valence-corrected chi connectivity index (χ1v) is 27.8. The van der Waals surface area contributed by atoms with E-state index in [0.29, 0.717) is 48.9 Å². The molecule has 0 bridgehead atoms. The number of rotatable bonds is 19. The van der Waals surface area contributed by atoms with Gasteiger partial charge in [0.15, 0.2) is 12.3 Å². The highest BCUT2D eigenvalue weighted by Gasteiger charge is 2.45. The zero-order valence-electron chi connectivity index (χ0n) is 43.9. The van der Waals surface area contributed by atoms with Crippen LogP contribution in [0.5, 0.6) is 5.75 Å². The molecule has 1 aliphatic carbocycles. The van der Waals surface area contributed by atoms with Gasteiger partial charge in [-0.1, -0.05) is 32.1 Å². The number of hydrogen-bond acceptors (Lipinski definition) is 10. The lowest BCUT2D eigenvalue weighted by atomic mass is 9.81. The second kappa shape index (κ2) is 20.9. The Morgan fingerprint density at radius 2 is 1.34 bits per heavy atom. The van der Waals surface area contributed by atoms with Crippen LogP contribution >= 0.6 is 0 Å². The largest absolute Gasteiger partial charge is 0.457 e. The van der Waals surface area contributed by atoms with Crippen LogP contribution in [0.2, 0.25) is 0 Å². The summed E-state index contributed by atoms with van der Waals surface area (Å²) in [4.78, 5) is 43.6. The summed E-state index contributed by atoms with van der Waals surface area (Å²) in [6, 6.07) is 17.0. The monoisotopic (exact) mass is 1040 g/mol. The van der Waals surface area contributed by atoms with Crippen LogP contribution in [0.3, 0.4) is 0 Å². The average Bonchev–Trinajstić information content (AvgIpc) is 3.80. The molecule has 1 saturated heterocycles. The maximum absolute atomic E-state index is 12.6. The normalized spacial score (nSPS) is 19.2. The third-order valence-corrected chi connectivity index (χ3v) is 15.8. The van der Waals surface area contributed by atoms with Gasteiger partial charge in [-0.05, 0) is 116 Å². The van der Waals surface area contributed by atoms with Crippen molar-refractivity contribution in [2.45, 2.75) is 106 Å². The molecule has 18 heteroatoms. The highest BCUT2D eigenvalue weighted by atomic mass is 32.2. The highest BCUT2D eigenvalue weighted by Crippen LogP contribution is 2.49. The molecule has 73 heavy (non-hydrogen) atoms. The zero-order valence-corrected chi connectivity index (χ0v) is 45.5. The number of fused-ring (bicyclic) bond motifs is 2. The summed E-state index contributed by atoms with van der Waals surface area (Å²) in [5.74, 6) is -0.545. The number of ether oxygens (including phenoxy) is 1. The molecule has 4 aliphatic rings. The van der Waals surface area contributed by atoms with Gasteiger partial charge >= 0.3 is 5.97 Å². The van der Waals surface area contributed by atoms with Crippen molar-refractivity contribution in [1.82, 2.24) is 5.06 Å². The highest BCUT2D eigenvalue weighted by molar-refractivity contribution is 7.86. The molecule has 3 aliphatic heterocycles. The van der Waals surface area contributed by atoms with Gasteiger partial charge in [0.05, 0.1) is 83.4 Å². The predicted molar refractivity (Wildman–Crippen MR) is 279 cm³/mol. The minimum absolute atomic E-state index is 0.0137. The number of hydroxylamine groups is 2. The number of aryl methyl sites for hydroxylation is 1. The molecule has 16 nitrogen and oxygen atoms in total. The van der Waals surface area contributed by atoms with Crippen LogP contribution < -0.4 is 9.64 Å². The van der Waals surface area contributed by atoms with Crippen LogP contribution in [0.25, 0.3) is 0 Å². The van der Waals surface area contributed by atoms with Crippen molar-refractivity contribution in [3.8, 4) is 5.75 Å². The van der Waals surface area contributed by atoms with Crippen LogP contribution in [0, 0.1) is 0 Å². The average molecular weight is 1040 g/mol. The Hall–Kier alpha value is -5.76. The van der Waals surface area contributed by atoms with Crippen molar-refractivity contribution in [1.29, 1.82) is 0 Å². The van der Waals surface area contributed by atoms with Gasteiger partial charge in [-0.25, -0.2) is 4.79 Å². The van der Waals surface area contributed by atoms with E-state index in [0.717, 1.165) is 91.9 Å². The lowest BCUT2D eigenvalue weighted by Crippen LogP contribution is -2.37. The number of benzene rings is 3. The van der Waals surface area contributed by atoms with Crippen molar-refractivity contribution < 1.29 is 63.4 Å². The molecule has 2 amide bonds. The lowest BCUT2D eigenvalue weighted by Gasteiger charge is -2.29. The Morgan fingerprint density at radius 1 is 0.740 bits per heavy atom. The second-order valence-corrected chi connectivity index (χ2v) is 25.4. The summed E-state index contributed by atoms with van der Waals surface area (Å²) in [5, 5.41) is 0.551. The number of allylic oxidation sites excluding steroid dienone is 7. The van der Waals surface area contributed by atoms with Crippen molar-refractivity contribution in [3.05, 3.63) is 124 Å². The van der Waals surface area contributed by atoms with Crippen molar-refractivity contribution in [3.63, 3.8) is 0 Å². The number of nitrogens with zero attached hydrogens (tertiary/aromatic N) is 5.